The van der Waals surface area contributed by atoms with Gasteiger partial charge in [-0.1, -0.05) is 32.8 Å². The standard InChI is InChI=1S/C17H24O4/c1-3-5-9-19-17(18)10-13(6-4-2)15-8-7-14-11-16(15)21-12-20-14/h7-8,11,13H,3-6,9-10,12H2,1-2H3. The first kappa shape index (κ1) is 15.7. The molecular formula is C17H24O4. The van der Waals surface area contributed by atoms with Crippen LogP contribution in [0.15, 0.2) is 18.2 Å². The Morgan fingerprint density at radius 1 is 1.29 bits per heavy atom. The van der Waals surface area contributed by atoms with Crippen LogP contribution in [-0.2, 0) is 9.53 Å². The van der Waals surface area contributed by atoms with Crippen molar-refractivity contribution in [2.45, 2.75) is 51.9 Å². The van der Waals surface area contributed by atoms with Gasteiger partial charge in [0.15, 0.2) is 0 Å². The quantitative estimate of drug-likeness (QED) is 0.536. The summed E-state index contributed by atoms with van der Waals surface area (Å²) in [5.74, 6) is 1.68. The Hall–Kier alpha value is -1.71. The Bertz CT molecular complexity index is 470. The number of fused-ring (bicyclic) bond motifs is 2. The van der Waals surface area contributed by atoms with Crippen molar-refractivity contribution in [2.24, 2.45) is 0 Å². The molecule has 1 unspecified atom stereocenters. The number of benzene rings is 1. The van der Waals surface area contributed by atoms with Crippen LogP contribution in [-0.4, -0.2) is 19.4 Å². The molecule has 0 aromatic heterocycles. The third kappa shape index (κ3) is 4.38. The van der Waals surface area contributed by atoms with Gasteiger partial charge in [-0.3, -0.25) is 4.79 Å². The molecule has 1 aromatic rings. The zero-order valence-corrected chi connectivity index (χ0v) is 12.9. The van der Waals surface area contributed by atoms with Gasteiger partial charge >= 0.3 is 5.97 Å². The molecule has 1 aliphatic heterocycles. The summed E-state index contributed by atoms with van der Waals surface area (Å²) in [4.78, 5) is 12.0. The van der Waals surface area contributed by atoms with Crippen LogP contribution in [0.4, 0.5) is 0 Å². The SMILES string of the molecule is CCCCOC(=O)CC(CCC)c1ccc2cc1OCO2. The topological polar surface area (TPSA) is 44.8 Å². The molecule has 21 heavy (non-hydrogen) atoms. The van der Waals surface area contributed by atoms with Crippen LogP contribution in [0.3, 0.4) is 0 Å². The van der Waals surface area contributed by atoms with Crippen molar-refractivity contribution in [3.63, 3.8) is 0 Å². The largest absolute Gasteiger partial charge is 0.466 e. The molecule has 1 aliphatic rings. The minimum absolute atomic E-state index is 0.120. The number of unbranched alkanes of at least 4 members (excludes halogenated alkanes) is 1. The summed E-state index contributed by atoms with van der Waals surface area (Å²) in [6.07, 6.45) is 4.33. The lowest BCUT2D eigenvalue weighted by atomic mass is 9.90. The third-order valence-corrected chi connectivity index (χ3v) is 3.68. The fourth-order valence-electron chi connectivity index (χ4n) is 2.53. The predicted octanol–water partition coefficient (Wildman–Crippen LogP) is 4.03. The van der Waals surface area contributed by atoms with Crippen LogP contribution in [0, 0.1) is 0 Å². The molecule has 2 rings (SSSR count). The first-order valence-corrected chi connectivity index (χ1v) is 7.79. The Kier molecular flexibility index (Phi) is 5.90. The van der Waals surface area contributed by atoms with Crippen molar-refractivity contribution in [2.75, 3.05) is 13.4 Å². The minimum Gasteiger partial charge on any atom is -0.466 e. The number of hydrogen-bond donors (Lipinski definition) is 0. The fraction of sp³-hybridized carbons (Fsp3) is 0.588. The summed E-state index contributed by atoms with van der Waals surface area (Å²) in [6.45, 7) is 4.97. The van der Waals surface area contributed by atoms with Gasteiger partial charge in [0.1, 0.15) is 11.5 Å². The third-order valence-electron chi connectivity index (χ3n) is 3.68. The van der Waals surface area contributed by atoms with Crippen LogP contribution in [0.1, 0.15) is 57.4 Å². The maximum atomic E-state index is 12.0. The molecule has 4 nitrogen and oxygen atoms in total. The molecule has 0 saturated carbocycles. The molecule has 1 heterocycles. The van der Waals surface area contributed by atoms with Crippen LogP contribution < -0.4 is 9.47 Å². The smallest absolute Gasteiger partial charge is 0.306 e. The molecule has 0 fully saturated rings. The van der Waals surface area contributed by atoms with Crippen LogP contribution in [0.25, 0.3) is 0 Å². The van der Waals surface area contributed by atoms with E-state index < -0.39 is 0 Å². The van der Waals surface area contributed by atoms with Crippen molar-refractivity contribution >= 4 is 5.97 Å². The fourth-order valence-corrected chi connectivity index (χ4v) is 2.53. The van der Waals surface area contributed by atoms with Gasteiger partial charge in [0, 0.05) is 6.07 Å². The van der Waals surface area contributed by atoms with Gasteiger partial charge < -0.3 is 14.2 Å². The maximum Gasteiger partial charge on any atom is 0.306 e. The van der Waals surface area contributed by atoms with E-state index in [0.29, 0.717) is 13.0 Å². The minimum atomic E-state index is -0.120. The van der Waals surface area contributed by atoms with Gasteiger partial charge in [-0.25, -0.2) is 0 Å². The second kappa shape index (κ2) is 7.91. The average molecular weight is 292 g/mol. The van der Waals surface area contributed by atoms with E-state index >= 15 is 0 Å². The summed E-state index contributed by atoms with van der Waals surface area (Å²) >= 11 is 0. The van der Waals surface area contributed by atoms with Crippen LogP contribution >= 0.6 is 0 Å². The highest BCUT2D eigenvalue weighted by Gasteiger charge is 2.22. The molecule has 2 bridgehead atoms. The number of esters is 1. The molecule has 116 valence electrons. The molecule has 0 amide bonds. The van der Waals surface area contributed by atoms with Crippen molar-refractivity contribution in [3.05, 3.63) is 23.8 Å². The summed E-state index contributed by atoms with van der Waals surface area (Å²) in [6, 6.07) is 5.83. The van der Waals surface area contributed by atoms with E-state index in [0.717, 1.165) is 42.7 Å². The summed E-state index contributed by atoms with van der Waals surface area (Å²) < 4.78 is 16.1. The van der Waals surface area contributed by atoms with E-state index in [2.05, 4.69) is 13.8 Å². The molecule has 0 N–H and O–H groups in total. The van der Waals surface area contributed by atoms with E-state index in [1.165, 1.54) is 0 Å². The lowest BCUT2D eigenvalue weighted by Crippen LogP contribution is -2.16. The monoisotopic (exact) mass is 292 g/mol. The second-order valence-corrected chi connectivity index (χ2v) is 5.37. The van der Waals surface area contributed by atoms with Crippen LogP contribution in [0.5, 0.6) is 11.5 Å². The molecule has 4 heteroatoms. The zero-order chi connectivity index (χ0) is 15.1. The summed E-state index contributed by atoms with van der Waals surface area (Å²) in [5, 5.41) is 0. The number of ether oxygens (including phenoxy) is 3. The Morgan fingerprint density at radius 2 is 2.14 bits per heavy atom. The number of hydrogen-bond acceptors (Lipinski definition) is 4. The maximum absolute atomic E-state index is 12.0. The van der Waals surface area contributed by atoms with E-state index in [9.17, 15) is 4.79 Å². The average Bonchev–Trinajstić information content (AvgIpc) is 2.48. The molecule has 0 aliphatic carbocycles. The van der Waals surface area contributed by atoms with Gasteiger partial charge in [-0.15, -0.1) is 0 Å². The first-order chi connectivity index (χ1) is 10.2. The van der Waals surface area contributed by atoms with E-state index in [1.807, 2.05) is 18.2 Å². The molecule has 1 atom stereocenters. The summed E-state index contributed by atoms with van der Waals surface area (Å²) in [7, 11) is 0. The van der Waals surface area contributed by atoms with Crippen molar-refractivity contribution in [3.8, 4) is 11.5 Å². The van der Waals surface area contributed by atoms with Crippen molar-refractivity contribution < 1.29 is 19.0 Å². The molecule has 0 saturated heterocycles. The van der Waals surface area contributed by atoms with Crippen molar-refractivity contribution in [1.29, 1.82) is 0 Å². The Labute approximate surface area is 126 Å². The molecular weight excluding hydrogens is 268 g/mol. The van der Waals surface area contributed by atoms with Gasteiger partial charge in [-0.2, -0.15) is 0 Å². The highest BCUT2D eigenvalue weighted by Crippen LogP contribution is 2.37. The molecule has 0 radical (unpaired) electrons. The summed E-state index contributed by atoms with van der Waals surface area (Å²) in [5.41, 5.74) is 1.08. The normalized spacial score (nSPS) is 14.0. The van der Waals surface area contributed by atoms with Gasteiger partial charge in [0.25, 0.3) is 0 Å². The Balaban J connectivity index is 2.03. The number of carbonyl (C=O) groups excluding carboxylic acids is 1. The second-order valence-electron chi connectivity index (χ2n) is 5.37. The van der Waals surface area contributed by atoms with Crippen LogP contribution in [0.2, 0.25) is 0 Å². The highest BCUT2D eigenvalue weighted by atomic mass is 16.7. The lowest BCUT2D eigenvalue weighted by molar-refractivity contribution is -0.144. The number of rotatable bonds is 8. The molecule has 0 spiro atoms. The Morgan fingerprint density at radius 3 is 2.90 bits per heavy atom. The first-order valence-electron chi connectivity index (χ1n) is 7.79. The lowest BCUT2D eigenvalue weighted by Gasteiger charge is -2.23. The predicted molar refractivity (Wildman–Crippen MR) is 80.7 cm³/mol. The highest BCUT2D eigenvalue weighted by molar-refractivity contribution is 5.71. The van der Waals surface area contributed by atoms with Crippen molar-refractivity contribution in [1.82, 2.24) is 0 Å². The van der Waals surface area contributed by atoms with Gasteiger partial charge in [0.05, 0.1) is 13.0 Å². The van der Waals surface area contributed by atoms with Gasteiger partial charge in [-0.05, 0) is 30.4 Å². The number of carbonyl (C=O) groups is 1. The van der Waals surface area contributed by atoms with E-state index in [1.54, 1.807) is 0 Å². The zero-order valence-electron chi connectivity index (χ0n) is 12.9. The van der Waals surface area contributed by atoms with E-state index in [-0.39, 0.29) is 18.7 Å². The van der Waals surface area contributed by atoms with Gasteiger partial charge in [0.2, 0.25) is 6.79 Å². The molecule has 1 aromatic carbocycles. The van der Waals surface area contributed by atoms with E-state index in [4.69, 9.17) is 14.2 Å².